The monoisotopic (exact) mass is 454 g/mol. The fourth-order valence-electron chi connectivity index (χ4n) is 4.52. The first-order chi connectivity index (χ1) is 15.4. The lowest BCUT2D eigenvalue weighted by Crippen LogP contribution is -2.41. The molecule has 7 heteroatoms. The van der Waals surface area contributed by atoms with Crippen LogP contribution in [0.1, 0.15) is 29.6 Å². The number of nitrogens with one attached hydrogen (secondary N) is 1. The number of rotatable bonds is 5. The van der Waals surface area contributed by atoms with E-state index < -0.39 is 0 Å². The molecule has 2 heterocycles. The normalized spacial score (nSPS) is 19.4. The molecule has 1 atom stereocenters. The molecule has 0 aliphatic carbocycles. The average molecular weight is 455 g/mol. The number of hydrogen-bond donors (Lipinski definition) is 1. The van der Waals surface area contributed by atoms with E-state index >= 15 is 0 Å². The molecule has 2 amide bonds. The number of piperidine rings is 1. The molecular weight excluding hydrogens is 424 g/mol. The van der Waals surface area contributed by atoms with Crippen LogP contribution in [0.5, 0.6) is 0 Å². The fraction of sp³-hybridized carbons (Fsp3) is 0.440. The summed E-state index contributed by atoms with van der Waals surface area (Å²) in [5.74, 6) is -0.0527. The van der Waals surface area contributed by atoms with Crippen LogP contribution >= 0.6 is 11.6 Å². The van der Waals surface area contributed by atoms with E-state index in [0.717, 1.165) is 18.8 Å². The van der Waals surface area contributed by atoms with Gasteiger partial charge in [0, 0.05) is 60.1 Å². The Labute approximate surface area is 195 Å². The highest BCUT2D eigenvalue weighted by Crippen LogP contribution is 2.25. The van der Waals surface area contributed by atoms with Crippen molar-refractivity contribution in [3.8, 4) is 0 Å². The zero-order valence-electron chi connectivity index (χ0n) is 18.8. The number of nitrogens with zero attached hydrogens (tertiary/aromatic N) is 3. The van der Waals surface area contributed by atoms with Crippen LogP contribution in [-0.2, 0) is 4.79 Å². The van der Waals surface area contributed by atoms with Gasteiger partial charge in [0.1, 0.15) is 0 Å². The zero-order chi connectivity index (χ0) is 22.7. The first-order valence-corrected chi connectivity index (χ1v) is 11.7. The molecule has 6 nitrogen and oxygen atoms in total. The first kappa shape index (κ1) is 22.6. The molecule has 1 N–H and O–H groups in total. The van der Waals surface area contributed by atoms with Crippen LogP contribution in [0.25, 0.3) is 0 Å². The number of carbonyl (C=O) groups excluding carboxylic acids is 2. The first-order valence-electron chi connectivity index (χ1n) is 11.3. The highest BCUT2D eigenvalue weighted by molar-refractivity contribution is 6.30. The molecule has 2 aliphatic rings. The van der Waals surface area contributed by atoms with Gasteiger partial charge in [-0.05, 0) is 81.9 Å². The van der Waals surface area contributed by atoms with Crippen LogP contribution in [0.15, 0.2) is 48.5 Å². The second-order valence-electron chi connectivity index (χ2n) is 8.96. The fourth-order valence-corrected chi connectivity index (χ4v) is 4.64. The molecule has 4 rings (SSSR count). The number of anilines is 2. The largest absolute Gasteiger partial charge is 0.370 e. The van der Waals surface area contributed by atoms with Crippen molar-refractivity contribution >= 4 is 34.8 Å². The molecule has 2 aromatic carbocycles. The lowest BCUT2D eigenvalue weighted by atomic mass is 9.95. The number of halogens is 1. The Morgan fingerprint density at radius 3 is 2.19 bits per heavy atom. The second kappa shape index (κ2) is 9.92. The van der Waals surface area contributed by atoms with Crippen molar-refractivity contribution in [2.75, 3.05) is 50.5 Å². The number of hydrogen-bond acceptors (Lipinski definition) is 4. The number of benzene rings is 2. The summed E-state index contributed by atoms with van der Waals surface area (Å²) in [5.41, 5.74) is 2.65. The van der Waals surface area contributed by atoms with Gasteiger partial charge < -0.3 is 20.0 Å². The van der Waals surface area contributed by atoms with E-state index in [1.165, 1.54) is 12.1 Å². The number of carbonyl (C=O) groups is 2. The topological polar surface area (TPSA) is 55.9 Å². The van der Waals surface area contributed by atoms with Crippen molar-refractivity contribution < 1.29 is 9.59 Å². The van der Waals surface area contributed by atoms with Gasteiger partial charge in [0.05, 0.1) is 0 Å². The Morgan fingerprint density at radius 1 is 0.938 bits per heavy atom. The van der Waals surface area contributed by atoms with Crippen molar-refractivity contribution in [3.05, 3.63) is 59.1 Å². The molecule has 32 heavy (non-hydrogen) atoms. The molecule has 0 aromatic heterocycles. The highest BCUT2D eigenvalue weighted by atomic mass is 35.5. The van der Waals surface area contributed by atoms with Gasteiger partial charge in [-0.25, -0.2) is 0 Å². The number of likely N-dealkylation sites (N-methyl/N-ethyl adjacent to an activating group) is 1. The molecule has 2 aromatic rings. The van der Waals surface area contributed by atoms with Gasteiger partial charge in [-0.1, -0.05) is 11.6 Å². The lowest BCUT2D eigenvalue weighted by Gasteiger charge is -2.31. The van der Waals surface area contributed by atoms with Crippen LogP contribution in [0.2, 0.25) is 5.02 Å². The third kappa shape index (κ3) is 5.25. The summed E-state index contributed by atoms with van der Waals surface area (Å²) in [5, 5.41) is 3.67. The van der Waals surface area contributed by atoms with Crippen molar-refractivity contribution in [3.63, 3.8) is 0 Å². The van der Waals surface area contributed by atoms with Gasteiger partial charge in [-0.3, -0.25) is 9.59 Å². The van der Waals surface area contributed by atoms with E-state index in [4.69, 9.17) is 11.6 Å². The van der Waals surface area contributed by atoms with E-state index in [-0.39, 0.29) is 17.7 Å². The van der Waals surface area contributed by atoms with E-state index in [0.29, 0.717) is 42.6 Å². The minimum atomic E-state index is -0.0802. The Bertz CT molecular complexity index is 937. The standard InChI is InChI=1S/C25H31ClN4O2/c1-28(2)23-13-16-30(17-23)22-9-7-21(8-10-22)27-24(31)18-11-14-29(15-12-18)25(32)19-3-5-20(26)6-4-19/h3-10,18,23H,11-17H2,1-2H3,(H,27,31). The summed E-state index contributed by atoms with van der Waals surface area (Å²) >= 11 is 5.91. The molecule has 2 saturated heterocycles. The summed E-state index contributed by atoms with van der Waals surface area (Å²) in [7, 11) is 4.26. The van der Waals surface area contributed by atoms with Crippen molar-refractivity contribution in [1.29, 1.82) is 0 Å². The van der Waals surface area contributed by atoms with E-state index in [2.05, 4.69) is 41.3 Å². The molecule has 170 valence electrons. The molecule has 0 bridgehead atoms. The Kier molecular flexibility index (Phi) is 7.01. The molecule has 0 saturated carbocycles. The van der Waals surface area contributed by atoms with Gasteiger partial charge in [0.25, 0.3) is 5.91 Å². The van der Waals surface area contributed by atoms with Gasteiger partial charge in [0.2, 0.25) is 5.91 Å². The average Bonchev–Trinajstić information content (AvgIpc) is 3.30. The van der Waals surface area contributed by atoms with Crippen LogP contribution in [0, 0.1) is 5.92 Å². The molecule has 2 fully saturated rings. The summed E-state index contributed by atoms with van der Waals surface area (Å²) in [6.07, 6.45) is 2.51. The predicted molar refractivity (Wildman–Crippen MR) is 129 cm³/mol. The van der Waals surface area contributed by atoms with Crippen molar-refractivity contribution in [2.24, 2.45) is 5.92 Å². The quantitative estimate of drug-likeness (QED) is 0.742. The van der Waals surface area contributed by atoms with Gasteiger partial charge in [-0.2, -0.15) is 0 Å². The van der Waals surface area contributed by atoms with Gasteiger partial charge in [-0.15, -0.1) is 0 Å². The summed E-state index contributed by atoms with van der Waals surface area (Å²) < 4.78 is 0. The zero-order valence-corrected chi connectivity index (χ0v) is 19.5. The van der Waals surface area contributed by atoms with Gasteiger partial charge in [0.15, 0.2) is 0 Å². The smallest absolute Gasteiger partial charge is 0.253 e. The van der Waals surface area contributed by atoms with Crippen molar-refractivity contribution in [2.45, 2.75) is 25.3 Å². The molecular formula is C25H31ClN4O2. The number of likely N-dealkylation sites (tertiary alicyclic amines) is 1. The third-order valence-electron chi connectivity index (χ3n) is 6.64. The summed E-state index contributed by atoms with van der Waals surface area (Å²) in [6, 6.07) is 15.7. The molecule has 2 aliphatic heterocycles. The van der Waals surface area contributed by atoms with Crippen LogP contribution < -0.4 is 10.2 Å². The maximum absolute atomic E-state index is 12.8. The molecule has 0 radical (unpaired) electrons. The Morgan fingerprint density at radius 2 is 1.59 bits per heavy atom. The Balaban J connectivity index is 1.27. The van der Waals surface area contributed by atoms with E-state index in [1.807, 2.05) is 17.0 Å². The summed E-state index contributed by atoms with van der Waals surface area (Å²) in [6.45, 7) is 3.26. The third-order valence-corrected chi connectivity index (χ3v) is 6.89. The van der Waals surface area contributed by atoms with E-state index in [1.54, 1.807) is 24.3 Å². The van der Waals surface area contributed by atoms with E-state index in [9.17, 15) is 9.59 Å². The van der Waals surface area contributed by atoms with Crippen LogP contribution in [0.3, 0.4) is 0 Å². The minimum Gasteiger partial charge on any atom is -0.370 e. The maximum atomic E-state index is 12.8. The summed E-state index contributed by atoms with van der Waals surface area (Å²) in [4.78, 5) is 31.9. The van der Waals surface area contributed by atoms with Gasteiger partial charge >= 0.3 is 0 Å². The van der Waals surface area contributed by atoms with Crippen molar-refractivity contribution in [1.82, 2.24) is 9.80 Å². The Hall–Kier alpha value is -2.57. The number of amides is 2. The van der Waals surface area contributed by atoms with Crippen LogP contribution in [-0.4, -0.2) is 67.9 Å². The lowest BCUT2D eigenvalue weighted by molar-refractivity contribution is -0.121. The highest BCUT2D eigenvalue weighted by Gasteiger charge is 2.28. The molecule has 1 unspecified atom stereocenters. The van der Waals surface area contributed by atoms with Crippen LogP contribution in [0.4, 0.5) is 11.4 Å². The minimum absolute atomic E-state index is 0.00506. The predicted octanol–water partition coefficient (Wildman–Crippen LogP) is 3.97. The molecule has 0 spiro atoms. The second-order valence-corrected chi connectivity index (χ2v) is 9.40. The SMILES string of the molecule is CN(C)C1CCN(c2ccc(NC(=O)C3CCN(C(=O)c4ccc(Cl)cc4)CC3)cc2)C1. The maximum Gasteiger partial charge on any atom is 0.253 e.